The summed E-state index contributed by atoms with van der Waals surface area (Å²) in [5, 5.41) is 8.25. The number of hydrogen-bond donors (Lipinski definition) is 1. The monoisotopic (exact) mass is 279 g/mol. The number of benzene rings is 1. The van der Waals surface area contributed by atoms with E-state index in [1.807, 2.05) is 42.2 Å². The number of hydrogen-bond acceptors (Lipinski definition) is 3. The molecule has 2 aromatic rings. The molecule has 4 nitrogen and oxygen atoms in total. The lowest BCUT2D eigenvalue weighted by atomic mass is 10.2. The number of rotatable bonds is 6. The van der Waals surface area contributed by atoms with E-state index < -0.39 is 0 Å². The van der Waals surface area contributed by atoms with Gasteiger partial charge in [0.05, 0.1) is 7.11 Å². The van der Waals surface area contributed by atoms with E-state index in [1.165, 1.54) is 5.69 Å². The molecule has 5 heteroatoms. The number of nitrogens with zero attached hydrogens (tertiary/aromatic N) is 2. The Hall–Kier alpha value is -1.52. The molecule has 1 aromatic heterocycles. The minimum Gasteiger partial charge on any atom is -0.496 e. The fourth-order valence-electron chi connectivity index (χ4n) is 1.98. The average Bonchev–Trinajstić information content (AvgIpc) is 2.81. The minimum atomic E-state index is 0.695. The Morgan fingerprint density at radius 3 is 2.89 bits per heavy atom. The fraction of sp³-hybridized carbons (Fsp3) is 0.357. The third-order valence-electron chi connectivity index (χ3n) is 3.08. The summed E-state index contributed by atoms with van der Waals surface area (Å²) >= 11 is 6.18. The molecule has 0 saturated heterocycles. The van der Waals surface area contributed by atoms with E-state index in [4.69, 9.17) is 16.3 Å². The molecule has 0 fully saturated rings. The number of methoxy groups -OCH3 is 1. The average molecular weight is 280 g/mol. The van der Waals surface area contributed by atoms with Gasteiger partial charge in [-0.15, -0.1) is 0 Å². The Balaban J connectivity index is 1.88. The topological polar surface area (TPSA) is 39.1 Å². The third kappa shape index (κ3) is 3.49. The largest absolute Gasteiger partial charge is 0.496 e. The summed E-state index contributed by atoms with van der Waals surface area (Å²) in [4.78, 5) is 0. The van der Waals surface area contributed by atoms with E-state index in [-0.39, 0.29) is 0 Å². The molecule has 0 aliphatic rings. The smallest absolute Gasteiger partial charge is 0.124 e. The van der Waals surface area contributed by atoms with Crippen LogP contribution in [0, 0.1) is 0 Å². The van der Waals surface area contributed by atoms with Crippen LogP contribution in [0.2, 0.25) is 5.02 Å². The number of ether oxygens (including phenoxy) is 1. The summed E-state index contributed by atoms with van der Waals surface area (Å²) < 4.78 is 7.20. The lowest BCUT2D eigenvalue weighted by Crippen LogP contribution is -2.18. The Labute approximate surface area is 118 Å². The van der Waals surface area contributed by atoms with Crippen LogP contribution in [-0.4, -0.2) is 23.4 Å². The highest BCUT2D eigenvalue weighted by molar-refractivity contribution is 6.31. The molecule has 1 heterocycles. The second-order valence-corrected chi connectivity index (χ2v) is 4.70. The van der Waals surface area contributed by atoms with Gasteiger partial charge in [-0.25, -0.2) is 0 Å². The predicted octanol–water partition coefficient (Wildman–Crippen LogP) is 2.41. The van der Waals surface area contributed by atoms with E-state index in [1.54, 1.807) is 7.11 Å². The first-order valence-electron chi connectivity index (χ1n) is 6.21. The molecule has 102 valence electrons. The first-order valence-corrected chi connectivity index (χ1v) is 6.59. The van der Waals surface area contributed by atoms with Crippen molar-refractivity contribution in [3.05, 3.63) is 46.7 Å². The first kappa shape index (κ1) is 13.9. The van der Waals surface area contributed by atoms with Gasteiger partial charge in [-0.2, -0.15) is 5.10 Å². The predicted molar refractivity (Wildman–Crippen MR) is 76.6 cm³/mol. The van der Waals surface area contributed by atoms with E-state index in [9.17, 15) is 0 Å². The van der Waals surface area contributed by atoms with Gasteiger partial charge < -0.3 is 10.1 Å². The van der Waals surface area contributed by atoms with Crippen LogP contribution in [0.15, 0.2) is 30.5 Å². The van der Waals surface area contributed by atoms with Crippen LogP contribution >= 0.6 is 11.6 Å². The Morgan fingerprint density at radius 2 is 2.21 bits per heavy atom. The molecular formula is C14H18ClN3O. The van der Waals surface area contributed by atoms with E-state index in [2.05, 4.69) is 10.4 Å². The molecule has 1 aromatic carbocycles. The van der Waals surface area contributed by atoms with Gasteiger partial charge in [-0.05, 0) is 18.2 Å². The van der Waals surface area contributed by atoms with E-state index in [0.29, 0.717) is 6.54 Å². The molecule has 0 atom stereocenters. The lowest BCUT2D eigenvalue weighted by Gasteiger charge is -2.11. The van der Waals surface area contributed by atoms with Gasteiger partial charge >= 0.3 is 0 Å². The molecule has 0 amide bonds. The van der Waals surface area contributed by atoms with Gasteiger partial charge in [0.2, 0.25) is 0 Å². The summed E-state index contributed by atoms with van der Waals surface area (Å²) in [5.74, 6) is 0.820. The van der Waals surface area contributed by atoms with Crippen molar-refractivity contribution >= 4 is 11.6 Å². The molecule has 0 aliphatic heterocycles. The summed E-state index contributed by atoms with van der Waals surface area (Å²) in [5.41, 5.74) is 2.20. The summed E-state index contributed by atoms with van der Waals surface area (Å²) in [6, 6.07) is 7.71. The van der Waals surface area contributed by atoms with Crippen LogP contribution in [0.25, 0.3) is 0 Å². The highest BCUT2D eigenvalue weighted by Crippen LogP contribution is 2.25. The van der Waals surface area contributed by atoms with Crippen molar-refractivity contribution in [3.63, 3.8) is 0 Å². The zero-order valence-electron chi connectivity index (χ0n) is 11.2. The summed E-state index contributed by atoms with van der Waals surface area (Å²) in [6.07, 6.45) is 2.75. The normalized spacial score (nSPS) is 10.7. The number of aromatic nitrogens is 2. The molecule has 2 rings (SSSR count). The van der Waals surface area contributed by atoms with E-state index in [0.717, 1.165) is 29.3 Å². The van der Waals surface area contributed by atoms with Crippen LogP contribution in [0.1, 0.15) is 11.3 Å². The molecule has 0 unspecified atom stereocenters. The SMILES string of the molecule is COc1cccc(Cl)c1CNCCc1ccnn1C. The first-order chi connectivity index (χ1) is 9.22. The highest BCUT2D eigenvalue weighted by Gasteiger charge is 2.07. The second kappa shape index (κ2) is 6.59. The maximum atomic E-state index is 6.18. The molecule has 0 aliphatic carbocycles. The molecule has 1 N–H and O–H groups in total. The van der Waals surface area contributed by atoms with Crippen molar-refractivity contribution in [2.24, 2.45) is 7.05 Å². The zero-order chi connectivity index (χ0) is 13.7. The van der Waals surface area contributed by atoms with Crippen molar-refractivity contribution in [2.45, 2.75) is 13.0 Å². The number of aryl methyl sites for hydroxylation is 1. The van der Waals surface area contributed by atoms with Crippen molar-refractivity contribution in [1.82, 2.24) is 15.1 Å². The summed E-state index contributed by atoms with van der Waals surface area (Å²) in [7, 11) is 3.61. The summed E-state index contributed by atoms with van der Waals surface area (Å²) in [6.45, 7) is 1.56. The zero-order valence-corrected chi connectivity index (χ0v) is 11.9. The van der Waals surface area contributed by atoms with Crippen molar-refractivity contribution < 1.29 is 4.74 Å². The molecular weight excluding hydrogens is 262 g/mol. The standard InChI is InChI=1S/C14H18ClN3O/c1-18-11(7-9-17-18)6-8-16-10-12-13(15)4-3-5-14(12)19-2/h3-5,7,9,16H,6,8,10H2,1-2H3. The highest BCUT2D eigenvalue weighted by atomic mass is 35.5. The van der Waals surface area contributed by atoms with Gasteiger partial charge in [-0.3, -0.25) is 4.68 Å². The van der Waals surface area contributed by atoms with Gasteiger partial charge in [0, 0.05) is 49.0 Å². The molecule has 0 spiro atoms. The third-order valence-corrected chi connectivity index (χ3v) is 3.43. The van der Waals surface area contributed by atoms with Gasteiger partial charge in [0.25, 0.3) is 0 Å². The number of nitrogens with one attached hydrogen (secondary N) is 1. The quantitative estimate of drug-likeness (QED) is 0.826. The minimum absolute atomic E-state index is 0.695. The maximum absolute atomic E-state index is 6.18. The van der Waals surface area contributed by atoms with Crippen LogP contribution in [-0.2, 0) is 20.0 Å². The van der Waals surface area contributed by atoms with Crippen LogP contribution in [0.5, 0.6) is 5.75 Å². The Bertz CT molecular complexity index is 539. The Morgan fingerprint density at radius 1 is 1.37 bits per heavy atom. The second-order valence-electron chi connectivity index (χ2n) is 4.29. The van der Waals surface area contributed by atoms with Crippen molar-refractivity contribution in [3.8, 4) is 5.75 Å². The molecule has 0 bridgehead atoms. The fourth-order valence-corrected chi connectivity index (χ4v) is 2.21. The van der Waals surface area contributed by atoms with Gasteiger partial charge in [-0.1, -0.05) is 17.7 Å². The maximum Gasteiger partial charge on any atom is 0.124 e. The molecule has 19 heavy (non-hydrogen) atoms. The van der Waals surface area contributed by atoms with Crippen LogP contribution in [0.4, 0.5) is 0 Å². The number of halogens is 1. The molecule has 0 radical (unpaired) electrons. The van der Waals surface area contributed by atoms with Crippen LogP contribution in [0.3, 0.4) is 0 Å². The van der Waals surface area contributed by atoms with E-state index >= 15 is 0 Å². The van der Waals surface area contributed by atoms with Crippen LogP contribution < -0.4 is 10.1 Å². The molecule has 0 saturated carbocycles. The van der Waals surface area contributed by atoms with Crippen molar-refractivity contribution in [2.75, 3.05) is 13.7 Å². The van der Waals surface area contributed by atoms with Gasteiger partial charge in [0.1, 0.15) is 5.75 Å². The Kier molecular flexibility index (Phi) is 4.82. The van der Waals surface area contributed by atoms with Crippen molar-refractivity contribution in [1.29, 1.82) is 0 Å². The lowest BCUT2D eigenvalue weighted by molar-refractivity contribution is 0.408. The van der Waals surface area contributed by atoms with Gasteiger partial charge in [0.15, 0.2) is 0 Å².